The van der Waals surface area contributed by atoms with E-state index in [0.717, 1.165) is 41.7 Å². The fraction of sp³-hybridized carbons (Fsp3) is 0.150. The van der Waals surface area contributed by atoms with Gasteiger partial charge < -0.3 is 20.7 Å². The molecule has 0 bridgehead atoms. The molecule has 0 fully saturated rings. The molecule has 5 aromatic rings. The van der Waals surface area contributed by atoms with Gasteiger partial charge in [-0.2, -0.15) is 0 Å². The second kappa shape index (κ2) is 16.7. The van der Waals surface area contributed by atoms with E-state index in [-0.39, 0.29) is 11.6 Å². The number of amides is 3. The molecule has 258 valence electrons. The van der Waals surface area contributed by atoms with E-state index in [9.17, 15) is 19.2 Å². The van der Waals surface area contributed by atoms with Gasteiger partial charge in [0.1, 0.15) is 15.9 Å². The molecule has 1 aliphatic carbocycles. The summed E-state index contributed by atoms with van der Waals surface area (Å²) in [4.78, 5) is 55.5. The standard InChI is InChI=1S/C40H34ClN3O5S2/c1-49-40(48)34-30-20-9-11-22-33(30)51-39(34)44-38(47)35(25-13-4-2-5-14-25)50-29-19-12-18-28(24-29)42-37(46)32(23-27-17-8-10-21-31(27)41)43-36(45)26-15-6-3-7-16-26/h2-8,10,12-19,21,23-24,35H,9,11,20,22H2,1H3,(H,42,46)(H,43,45)(H,44,47)/b32-23+. The molecule has 0 saturated heterocycles. The lowest BCUT2D eigenvalue weighted by atomic mass is 9.95. The van der Waals surface area contributed by atoms with Gasteiger partial charge in [-0.05, 0) is 84.8 Å². The summed E-state index contributed by atoms with van der Waals surface area (Å²) < 4.78 is 5.11. The number of hydrogen-bond donors (Lipinski definition) is 3. The fourth-order valence-corrected chi connectivity index (χ4v) is 8.28. The predicted molar refractivity (Wildman–Crippen MR) is 204 cm³/mol. The highest BCUT2D eigenvalue weighted by Gasteiger charge is 2.30. The molecule has 6 rings (SSSR count). The Bertz CT molecular complexity index is 2100. The second-order valence-electron chi connectivity index (χ2n) is 11.7. The molecule has 51 heavy (non-hydrogen) atoms. The summed E-state index contributed by atoms with van der Waals surface area (Å²) in [6.07, 6.45) is 5.17. The van der Waals surface area contributed by atoms with E-state index < -0.39 is 23.0 Å². The van der Waals surface area contributed by atoms with Crippen LogP contribution >= 0.6 is 34.7 Å². The normalized spacial score (nSPS) is 13.0. The van der Waals surface area contributed by atoms with Gasteiger partial charge in [-0.25, -0.2) is 4.79 Å². The third kappa shape index (κ3) is 8.78. The number of carbonyl (C=O) groups excluding carboxylic acids is 4. The minimum absolute atomic E-state index is 0.00314. The molecule has 0 spiro atoms. The zero-order valence-electron chi connectivity index (χ0n) is 27.6. The van der Waals surface area contributed by atoms with Crippen molar-refractivity contribution in [2.45, 2.75) is 35.8 Å². The molecule has 1 unspecified atom stereocenters. The summed E-state index contributed by atoms with van der Waals surface area (Å²) in [7, 11) is 1.35. The molecule has 0 saturated carbocycles. The SMILES string of the molecule is COC(=O)c1c(NC(=O)C(Sc2cccc(NC(=O)/C(=C\c3ccccc3Cl)NC(=O)c3ccccc3)c2)c2ccccc2)sc2c1CCCC2. The van der Waals surface area contributed by atoms with Crippen LogP contribution in [0.1, 0.15) is 60.4 Å². The van der Waals surface area contributed by atoms with Crippen molar-refractivity contribution in [3.05, 3.63) is 153 Å². The Labute approximate surface area is 309 Å². The van der Waals surface area contributed by atoms with Crippen LogP contribution in [0.25, 0.3) is 6.08 Å². The van der Waals surface area contributed by atoms with Gasteiger partial charge in [-0.15, -0.1) is 23.1 Å². The predicted octanol–water partition coefficient (Wildman–Crippen LogP) is 8.95. The van der Waals surface area contributed by atoms with Crippen LogP contribution < -0.4 is 16.0 Å². The topological polar surface area (TPSA) is 114 Å². The van der Waals surface area contributed by atoms with E-state index in [4.69, 9.17) is 16.3 Å². The molecule has 0 aliphatic heterocycles. The molecule has 3 amide bonds. The first kappa shape index (κ1) is 35.7. The van der Waals surface area contributed by atoms with E-state index in [1.54, 1.807) is 72.8 Å². The summed E-state index contributed by atoms with van der Waals surface area (Å²) >= 11 is 9.14. The monoisotopic (exact) mass is 735 g/mol. The summed E-state index contributed by atoms with van der Waals surface area (Å²) in [5.74, 6) is -1.76. The van der Waals surface area contributed by atoms with Gasteiger partial charge in [0.2, 0.25) is 5.91 Å². The molecular formula is C40H34ClN3O5S2. The van der Waals surface area contributed by atoms with Gasteiger partial charge >= 0.3 is 5.97 Å². The van der Waals surface area contributed by atoms with Crippen molar-refractivity contribution in [2.24, 2.45) is 0 Å². The van der Waals surface area contributed by atoms with Gasteiger partial charge in [0.25, 0.3) is 11.8 Å². The maximum absolute atomic E-state index is 14.1. The Kier molecular flexibility index (Phi) is 11.7. The van der Waals surface area contributed by atoms with Crippen LogP contribution in [0.5, 0.6) is 0 Å². The van der Waals surface area contributed by atoms with Crippen molar-refractivity contribution in [2.75, 3.05) is 17.7 Å². The van der Waals surface area contributed by atoms with Crippen LogP contribution in [0.2, 0.25) is 5.02 Å². The number of esters is 1. The highest BCUT2D eigenvalue weighted by Crippen LogP contribution is 2.41. The smallest absolute Gasteiger partial charge is 0.341 e. The highest BCUT2D eigenvalue weighted by atomic mass is 35.5. The van der Waals surface area contributed by atoms with Gasteiger partial charge in [0.15, 0.2) is 0 Å². The van der Waals surface area contributed by atoms with E-state index in [1.807, 2.05) is 36.4 Å². The molecule has 0 radical (unpaired) electrons. The quantitative estimate of drug-likeness (QED) is 0.0709. The first-order valence-electron chi connectivity index (χ1n) is 16.3. The summed E-state index contributed by atoms with van der Waals surface area (Å²) in [6.45, 7) is 0. The molecule has 8 nitrogen and oxygen atoms in total. The van der Waals surface area contributed by atoms with Crippen molar-refractivity contribution in [3.63, 3.8) is 0 Å². The van der Waals surface area contributed by atoms with Crippen LogP contribution in [0.3, 0.4) is 0 Å². The van der Waals surface area contributed by atoms with E-state index in [0.29, 0.717) is 37.3 Å². The Morgan fingerprint density at radius 3 is 2.29 bits per heavy atom. The van der Waals surface area contributed by atoms with Crippen molar-refractivity contribution < 1.29 is 23.9 Å². The van der Waals surface area contributed by atoms with Gasteiger partial charge in [0.05, 0.1) is 12.7 Å². The zero-order valence-corrected chi connectivity index (χ0v) is 30.0. The number of thioether (sulfide) groups is 1. The zero-order chi connectivity index (χ0) is 35.7. The molecule has 1 aromatic heterocycles. The van der Waals surface area contributed by atoms with E-state index in [1.165, 1.54) is 36.3 Å². The summed E-state index contributed by atoms with van der Waals surface area (Å²) in [5, 5.41) is 8.89. The average molecular weight is 736 g/mol. The lowest BCUT2D eigenvalue weighted by molar-refractivity contribution is -0.116. The fourth-order valence-electron chi connectivity index (χ4n) is 5.72. The maximum Gasteiger partial charge on any atom is 0.341 e. The number of carbonyl (C=O) groups is 4. The third-order valence-electron chi connectivity index (χ3n) is 8.22. The Morgan fingerprint density at radius 1 is 0.843 bits per heavy atom. The molecule has 3 N–H and O–H groups in total. The van der Waals surface area contributed by atoms with Crippen molar-refractivity contribution in [1.29, 1.82) is 0 Å². The molecule has 1 heterocycles. The third-order valence-corrected chi connectivity index (χ3v) is 11.0. The maximum atomic E-state index is 14.1. The molecule has 11 heteroatoms. The minimum Gasteiger partial charge on any atom is -0.465 e. The first-order chi connectivity index (χ1) is 24.8. The number of rotatable bonds is 11. The van der Waals surface area contributed by atoms with Gasteiger partial charge in [-0.1, -0.05) is 84.4 Å². The van der Waals surface area contributed by atoms with Crippen molar-refractivity contribution in [1.82, 2.24) is 5.32 Å². The number of benzene rings is 4. The number of halogens is 1. The molecular weight excluding hydrogens is 702 g/mol. The van der Waals surface area contributed by atoms with Crippen LogP contribution in [0.4, 0.5) is 10.7 Å². The Morgan fingerprint density at radius 2 is 1.55 bits per heavy atom. The van der Waals surface area contributed by atoms with E-state index in [2.05, 4.69) is 16.0 Å². The lowest BCUT2D eigenvalue weighted by Crippen LogP contribution is -2.30. The number of aryl methyl sites for hydroxylation is 1. The summed E-state index contributed by atoms with van der Waals surface area (Å²) in [6, 6.07) is 32.1. The largest absolute Gasteiger partial charge is 0.465 e. The Hall–Kier alpha value is -5.16. The van der Waals surface area contributed by atoms with E-state index >= 15 is 0 Å². The molecule has 4 aromatic carbocycles. The molecule has 1 atom stereocenters. The number of anilines is 2. The van der Waals surface area contributed by atoms with Crippen LogP contribution in [-0.4, -0.2) is 30.8 Å². The number of hydrogen-bond acceptors (Lipinski definition) is 7. The van der Waals surface area contributed by atoms with Gasteiger partial charge in [-0.3, -0.25) is 14.4 Å². The van der Waals surface area contributed by atoms with Gasteiger partial charge in [0, 0.05) is 26.0 Å². The molecule has 1 aliphatic rings. The minimum atomic E-state index is -0.692. The highest BCUT2D eigenvalue weighted by molar-refractivity contribution is 8.00. The first-order valence-corrected chi connectivity index (χ1v) is 18.4. The average Bonchev–Trinajstić information content (AvgIpc) is 3.52. The number of ether oxygens (including phenoxy) is 1. The second-order valence-corrected chi connectivity index (χ2v) is 14.4. The van der Waals surface area contributed by atoms with Crippen LogP contribution in [-0.2, 0) is 27.2 Å². The van der Waals surface area contributed by atoms with Crippen molar-refractivity contribution in [3.8, 4) is 0 Å². The van der Waals surface area contributed by atoms with Crippen LogP contribution in [0, 0.1) is 0 Å². The Balaban J connectivity index is 1.25. The number of methoxy groups -OCH3 is 1. The van der Waals surface area contributed by atoms with Crippen molar-refractivity contribution >= 4 is 75.2 Å². The van der Waals surface area contributed by atoms with Crippen LogP contribution in [0.15, 0.2) is 120 Å². The number of thiophene rings is 1. The number of nitrogens with one attached hydrogen (secondary N) is 3. The number of fused-ring (bicyclic) bond motifs is 1. The lowest BCUT2D eigenvalue weighted by Gasteiger charge is -2.18. The summed E-state index contributed by atoms with van der Waals surface area (Å²) in [5.41, 5.74) is 3.56.